The van der Waals surface area contributed by atoms with Crippen LogP contribution in [0.2, 0.25) is 0 Å². The largest absolute Gasteiger partial charge is 0.378 e. The zero-order valence-electron chi connectivity index (χ0n) is 15.3. The normalized spacial score (nSPS) is 25.1. The second-order valence-electron chi connectivity index (χ2n) is 7.47. The number of amides is 1. The smallest absolute Gasteiger partial charge is 0.225 e. The summed E-state index contributed by atoms with van der Waals surface area (Å²) in [4.78, 5) is 15.1. The molecule has 0 radical (unpaired) electrons. The molecule has 1 saturated heterocycles. The molecule has 0 aliphatic carbocycles. The third-order valence-electron chi connectivity index (χ3n) is 5.60. The van der Waals surface area contributed by atoms with E-state index >= 15 is 0 Å². The molecule has 4 nitrogen and oxygen atoms in total. The van der Waals surface area contributed by atoms with Crippen LogP contribution in [0, 0.1) is 5.82 Å². The number of rotatable bonds is 3. The summed E-state index contributed by atoms with van der Waals surface area (Å²) in [6.45, 7) is 1.26. The van der Waals surface area contributed by atoms with Gasteiger partial charge in [0.05, 0.1) is 18.6 Å². The maximum atomic E-state index is 13.4. The topological polar surface area (TPSA) is 55.6 Å². The standard InChI is InChI=1S/C22H25FN2O2/c23-17-7-5-16(6-8-17)22-20-4-2-1-3-15(20)9-11-25(22)21(26)14-19-13-18(24)10-12-27-19/h1-8,18-19,22H,9-14,24H2/t18-,19-,22-/m0/s1. The minimum Gasteiger partial charge on any atom is -0.378 e. The van der Waals surface area contributed by atoms with Crippen LogP contribution in [0.25, 0.3) is 0 Å². The summed E-state index contributed by atoms with van der Waals surface area (Å²) in [5, 5.41) is 0. The lowest BCUT2D eigenvalue weighted by molar-refractivity contribution is -0.137. The van der Waals surface area contributed by atoms with E-state index in [4.69, 9.17) is 10.5 Å². The molecule has 0 bridgehead atoms. The van der Waals surface area contributed by atoms with Crippen LogP contribution in [0.3, 0.4) is 0 Å². The number of nitrogens with zero attached hydrogens (tertiary/aromatic N) is 1. The maximum Gasteiger partial charge on any atom is 0.225 e. The van der Waals surface area contributed by atoms with Gasteiger partial charge in [0.15, 0.2) is 0 Å². The number of benzene rings is 2. The van der Waals surface area contributed by atoms with Crippen LogP contribution >= 0.6 is 0 Å². The number of fused-ring (bicyclic) bond motifs is 1. The lowest BCUT2D eigenvalue weighted by atomic mass is 9.87. The first-order chi connectivity index (χ1) is 13.1. The van der Waals surface area contributed by atoms with E-state index in [1.165, 1.54) is 17.7 Å². The first kappa shape index (κ1) is 18.1. The van der Waals surface area contributed by atoms with Gasteiger partial charge in [0.1, 0.15) is 5.82 Å². The zero-order valence-corrected chi connectivity index (χ0v) is 15.3. The van der Waals surface area contributed by atoms with E-state index in [-0.39, 0.29) is 29.9 Å². The minimum absolute atomic E-state index is 0.0675. The average molecular weight is 368 g/mol. The Balaban J connectivity index is 1.62. The van der Waals surface area contributed by atoms with Crippen LogP contribution in [0.1, 0.15) is 42.0 Å². The second-order valence-corrected chi connectivity index (χ2v) is 7.47. The van der Waals surface area contributed by atoms with Crippen LogP contribution in [0.4, 0.5) is 4.39 Å². The van der Waals surface area contributed by atoms with Gasteiger partial charge < -0.3 is 15.4 Å². The van der Waals surface area contributed by atoms with Crippen molar-refractivity contribution in [2.75, 3.05) is 13.2 Å². The highest BCUT2D eigenvalue weighted by Gasteiger charge is 2.33. The summed E-state index contributed by atoms with van der Waals surface area (Å²) < 4.78 is 19.2. The third-order valence-corrected chi connectivity index (χ3v) is 5.60. The number of nitrogens with two attached hydrogens (primary N) is 1. The fraction of sp³-hybridized carbons (Fsp3) is 0.409. The molecule has 1 fully saturated rings. The highest BCUT2D eigenvalue weighted by atomic mass is 19.1. The number of hydrogen-bond acceptors (Lipinski definition) is 3. The van der Waals surface area contributed by atoms with Crippen molar-refractivity contribution < 1.29 is 13.9 Å². The van der Waals surface area contributed by atoms with Crippen molar-refractivity contribution in [1.29, 1.82) is 0 Å². The summed E-state index contributed by atoms with van der Waals surface area (Å²) in [6, 6.07) is 14.6. The number of halogens is 1. The molecule has 0 aromatic heterocycles. The van der Waals surface area contributed by atoms with Gasteiger partial charge in [0.2, 0.25) is 5.91 Å². The van der Waals surface area contributed by atoms with Gasteiger partial charge in [-0.15, -0.1) is 0 Å². The first-order valence-electron chi connectivity index (χ1n) is 9.62. The molecule has 0 unspecified atom stereocenters. The fourth-order valence-electron chi connectivity index (χ4n) is 4.20. The molecular formula is C22H25FN2O2. The highest BCUT2D eigenvalue weighted by Crippen LogP contribution is 2.36. The van der Waals surface area contributed by atoms with Gasteiger partial charge in [0, 0.05) is 19.2 Å². The van der Waals surface area contributed by atoms with Gasteiger partial charge in [-0.2, -0.15) is 0 Å². The Morgan fingerprint density at radius 2 is 1.96 bits per heavy atom. The van der Waals surface area contributed by atoms with Crippen molar-refractivity contribution >= 4 is 5.91 Å². The van der Waals surface area contributed by atoms with Crippen molar-refractivity contribution in [3.63, 3.8) is 0 Å². The van der Waals surface area contributed by atoms with E-state index in [9.17, 15) is 9.18 Å². The minimum atomic E-state index is -0.273. The lowest BCUT2D eigenvalue weighted by Gasteiger charge is -2.39. The van der Waals surface area contributed by atoms with Crippen molar-refractivity contribution in [1.82, 2.24) is 4.90 Å². The monoisotopic (exact) mass is 368 g/mol. The summed E-state index contributed by atoms with van der Waals surface area (Å²) in [5.41, 5.74) is 9.32. The molecule has 0 saturated carbocycles. The summed E-state index contributed by atoms with van der Waals surface area (Å²) in [6.07, 6.45) is 2.61. The van der Waals surface area contributed by atoms with Gasteiger partial charge >= 0.3 is 0 Å². The van der Waals surface area contributed by atoms with Crippen molar-refractivity contribution in [2.45, 2.75) is 43.9 Å². The number of carbonyl (C=O) groups excluding carboxylic acids is 1. The molecule has 2 N–H and O–H groups in total. The predicted molar refractivity (Wildman–Crippen MR) is 102 cm³/mol. The van der Waals surface area contributed by atoms with E-state index in [2.05, 4.69) is 12.1 Å². The van der Waals surface area contributed by atoms with Crippen molar-refractivity contribution in [3.8, 4) is 0 Å². The Kier molecular flexibility index (Phi) is 5.23. The van der Waals surface area contributed by atoms with E-state index in [1.807, 2.05) is 17.0 Å². The van der Waals surface area contributed by atoms with E-state index < -0.39 is 0 Å². The Hall–Kier alpha value is -2.24. The molecule has 2 aliphatic heterocycles. The van der Waals surface area contributed by atoms with Gasteiger partial charge in [0.25, 0.3) is 0 Å². The van der Waals surface area contributed by atoms with Crippen LogP contribution in [-0.2, 0) is 16.0 Å². The molecule has 3 atom stereocenters. The van der Waals surface area contributed by atoms with Gasteiger partial charge in [-0.25, -0.2) is 4.39 Å². The molecular weight excluding hydrogens is 343 g/mol. The maximum absolute atomic E-state index is 13.4. The third kappa shape index (κ3) is 3.89. The Morgan fingerprint density at radius 3 is 2.74 bits per heavy atom. The molecule has 0 spiro atoms. The van der Waals surface area contributed by atoms with Crippen molar-refractivity contribution in [3.05, 3.63) is 71.0 Å². The first-order valence-corrected chi connectivity index (χ1v) is 9.62. The van der Waals surface area contributed by atoms with Crippen LogP contribution < -0.4 is 5.73 Å². The van der Waals surface area contributed by atoms with Gasteiger partial charge in [-0.05, 0) is 48.1 Å². The van der Waals surface area contributed by atoms with E-state index in [0.717, 1.165) is 30.4 Å². The van der Waals surface area contributed by atoms with Gasteiger partial charge in [-0.1, -0.05) is 36.4 Å². The summed E-state index contributed by atoms with van der Waals surface area (Å²) in [7, 11) is 0. The summed E-state index contributed by atoms with van der Waals surface area (Å²) >= 11 is 0. The molecule has 2 aliphatic rings. The van der Waals surface area contributed by atoms with Crippen LogP contribution in [0.15, 0.2) is 48.5 Å². The Bertz CT molecular complexity index is 808. The molecule has 142 valence electrons. The molecule has 2 aromatic rings. The fourth-order valence-corrected chi connectivity index (χ4v) is 4.20. The van der Waals surface area contributed by atoms with E-state index in [0.29, 0.717) is 19.6 Å². The molecule has 1 amide bonds. The molecule has 27 heavy (non-hydrogen) atoms. The zero-order chi connectivity index (χ0) is 18.8. The molecule has 2 aromatic carbocycles. The Morgan fingerprint density at radius 1 is 1.19 bits per heavy atom. The van der Waals surface area contributed by atoms with E-state index in [1.54, 1.807) is 12.1 Å². The van der Waals surface area contributed by atoms with Crippen LogP contribution in [0.5, 0.6) is 0 Å². The lowest BCUT2D eigenvalue weighted by Crippen LogP contribution is -2.43. The van der Waals surface area contributed by atoms with Crippen LogP contribution in [-0.4, -0.2) is 36.1 Å². The average Bonchev–Trinajstić information content (AvgIpc) is 2.68. The quantitative estimate of drug-likeness (QED) is 0.905. The van der Waals surface area contributed by atoms with Crippen molar-refractivity contribution in [2.24, 2.45) is 5.73 Å². The highest BCUT2D eigenvalue weighted by molar-refractivity contribution is 5.78. The predicted octanol–water partition coefficient (Wildman–Crippen LogP) is 3.20. The number of carbonyl (C=O) groups is 1. The number of ether oxygens (including phenoxy) is 1. The second kappa shape index (κ2) is 7.79. The number of hydrogen-bond donors (Lipinski definition) is 1. The summed E-state index contributed by atoms with van der Waals surface area (Å²) in [5.74, 6) is -0.205. The molecule has 2 heterocycles. The molecule has 5 heteroatoms. The SMILES string of the molecule is N[C@H]1CCO[C@H](CC(=O)N2CCc3ccccc3[C@@H]2c2ccc(F)cc2)C1. The Labute approximate surface area is 159 Å². The molecule has 4 rings (SSSR count). The van der Waals surface area contributed by atoms with Gasteiger partial charge in [-0.3, -0.25) is 4.79 Å².